The molecule has 4 heterocycles. The molecule has 17 heteroatoms. The second-order valence-corrected chi connectivity index (χ2v) is 19.2. The van der Waals surface area contributed by atoms with Gasteiger partial charge in [-0.05, 0) is 90.3 Å². The van der Waals surface area contributed by atoms with Crippen LogP contribution in [0.1, 0.15) is 55.2 Å². The van der Waals surface area contributed by atoms with Crippen molar-refractivity contribution in [2.75, 3.05) is 62.2 Å². The molecule has 2 aromatic heterocycles. The molecular formula is C42H49BrFN10O4P. The van der Waals surface area contributed by atoms with Gasteiger partial charge in [-0.3, -0.25) is 24.9 Å². The van der Waals surface area contributed by atoms with Crippen LogP contribution < -0.4 is 41.5 Å². The van der Waals surface area contributed by atoms with E-state index in [1.165, 1.54) is 11.6 Å². The van der Waals surface area contributed by atoms with Gasteiger partial charge in [0.1, 0.15) is 30.0 Å². The van der Waals surface area contributed by atoms with Crippen LogP contribution in [0.25, 0.3) is 11.0 Å². The SMILES string of the molecule is CCc1cc(Nc2ncc(Br)c(Nc3ccc4nccnc4c3P(C)(C)=O)n2)c(OC)cc1N1CCC(NCCNCc2ccc(C3CCC(=O)NC3=O)c(F)c2)CC1. The summed E-state index contributed by atoms with van der Waals surface area (Å²) in [7, 11) is -1.12. The van der Waals surface area contributed by atoms with Crippen LogP contribution in [-0.4, -0.2) is 84.4 Å². The molecule has 59 heavy (non-hydrogen) atoms. The third-order valence-electron chi connectivity index (χ3n) is 10.8. The number of methoxy groups -OCH3 is 1. The highest BCUT2D eigenvalue weighted by molar-refractivity contribution is 9.10. The van der Waals surface area contributed by atoms with Gasteiger partial charge in [-0.25, -0.2) is 9.37 Å². The van der Waals surface area contributed by atoms with Gasteiger partial charge in [0.25, 0.3) is 0 Å². The van der Waals surface area contributed by atoms with E-state index in [0.29, 0.717) is 68.6 Å². The van der Waals surface area contributed by atoms with Crippen LogP contribution in [0.5, 0.6) is 5.75 Å². The molecule has 2 aliphatic rings. The predicted molar refractivity (Wildman–Crippen MR) is 234 cm³/mol. The Morgan fingerprint density at radius 3 is 2.51 bits per heavy atom. The summed E-state index contributed by atoms with van der Waals surface area (Å²) in [5.41, 5.74) is 6.07. The molecule has 0 radical (unpaired) electrons. The van der Waals surface area contributed by atoms with Crippen LogP contribution in [0.15, 0.2) is 65.5 Å². The van der Waals surface area contributed by atoms with Gasteiger partial charge in [0.2, 0.25) is 17.8 Å². The number of carbonyl (C=O) groups is 2. The number of piperidine rings is 2. The van der Waals surface area contributed by atoms with Crippen LogP contribution in [0.2, 0.25) is 0 Å². The van der Waals surface area contributed by atoms with Crippen molar-refractivity contribution in [2.45, 2.75) is 57.5 Å². The zero-order valence-electron chi connectivity index (χ0n) is 33.6. The summed E-state index contributed by atoms with van der Waals surface area (Å²) < 4.78 is 34.9. The summed E-state index contributed by atoms with van der Waals surface area (Å²) in [6.45, 7) is 9.37. The Labute approximate surface area is 351 Å². The van der Waals surface area contributed by atoms with Crippen molar-refractivity contribution in [2.24, 2.45) is 0 Å². The van der Waals surface area contributed by atoms with Crippen molar-refractivity contribution < 1.29 is 23.3 Å². The minimum atomic E-state index is -2.78. The zero-order chi connectivity index (χ0) is 41.7. The number of rotatable bonds is 15. The van der Waals surface area contributed by atoms with E-state index in [1.807, 2.05) is 18.2 Å². The Morgan fingerprint density at radius 1 is 0.983 bits per heavy atom. The number of anilines is 5. The summed E-state index contributed by atoms with van der Waals surface area (Å²) in [6, 6.07) is 13.2. The minimum absolute atomic E-state index is 0.216. The molecule has 2 fully saturated rings. The molecule has 2 aliphatic heterocycles. The van der Waals surface area contributed by atoms with Crippen molar-refractivity contribution in [3.63, 3.8) is 0 Å². The topological polar surface area (TPSA) is 175 Å². The Hall–Kier alpha value is -5.02. The van der Waals surface area contributed by atoms with Crippen LogP contribution in [-0.2, 0) is 27.1 Å². The second kappa shape index (κ2) is 18.5. The number of nitrogens with zero attached hydrogens (tertiary/aromatic N) is 5. The van der Waals surface area contributed by atoms with Gasteiger partial charge < -0.3 is 35.5 Å². The average molecular weight is 888 g/mol. The first kappa shape index (κ1) is 42.1. The van der Waals surface area contributed by atoms with E-state index in [1.54, 1.807) is 45.1 Å². The van der Waals surface area contributed by atoms with Gasteiger partial charge in [0.05, 0.1) is 39.7 Å². The highest BCUT2D eigenvalue weighted by Crippen LogP contribution is 2.42. The lowest BCUT2D eigenvalue weighted by atomic mass is 9.89. The van der Waals surface area contributed by atoms with Gasteiger partial charge in [-0.1, -0.05) is 19.1 Å². The number of imide groups is 1. The van der Waals surface area contributed by atoms with E-state index < -0.39 is 24.8 Å². The van der Waals surface area contributed by atoms with Gasteiger partial charge in [-0.2, -0.15) is 4.98 Å². The third kappa shape index (κ3) is 9.89. The fraction of sp³-hybridized carbons (Fsp3) is 0.381. The van der Waals surface area contributed by atoms with Crippen molar-refractivity contribution in [1.82, 2.24) is 35.9 Å². The number of nitrogens with one attached hydrogen (secondary N) is 5. The quantitative estimate of drug-likeness (QED) is 0.0439. The number of halogens is 2. The van der Waals surface area contributed by atoms with Gasteiger partial charge >= 0.3 is 0 Å². The number of aromatic nitrogens is 4. The van der Waals surface area contributed by atoms with Gasteiger partial charge in [-0.15, -0.1) is 0 Å². The summed E-state index contributed by atoms with van der Waals surface area (Å²) >= 11 is 3.58. The van der Waals surface area contributed by atoms with Crippen molar-refractivity contribution >= 4 is 80.1 Å². The lowest BCUT2D eigenvalue weighted by molar-refractivity contribution is -0.134. The first-order valence-electron chi connectivity index (χ1n) is 19.8. The molecule has 14 nitrogen and oxygen atoms in total. The maximum Gasteiger partial charge on any atom is 0.234 e. The van der Waals surface area contributed by atoms with Crippen LogP contribution in [0.3, 0.4) is 0 Å². The van der Waals surface area contributed by atoms with E-state index in [0.717, 1.165) is 62.4 Å². The first-order valence-corrected chi connectivity index (χ1v) is 23.2. The summed E-state index contributed by atoms with van der Waals surface area (Å²) in [5.74, 6) is -0.282. The smallest absolute Gasteiger partial charge is 0.234 e. The maximum atomic E-state index is 14.9. The number of hydrogen-bond donors (Lipinski definition) is 5. The standard InChI is InChI=1S/C42H49BrFN10O4P/c1-5-26-21-34(51-42-49-24-30(43)40(53-42)50-33-10-9-32-38(48-17-16-47-32)39(33)59(3,4)57)36(58-2)22-35(26)54-18-12-27(13-19-54)46-15-14-45-23-25-6-7-28(31(44)20-25)29-8-11-37(55)52-41(29)56/h6-7,9-10,16-17,20-22,24,27,29,45-46H,5,8,11-15,18-19,23H2,1-4H3,(H,52,55,56)(H2,49,50,51,53). The van der Waals surface area contributed by atoms with Gasteiger partial charge in [0, 0.05) is 81.1 Å². The summed E-state index contributed by atoms with van der Waals surface area (Å²) in [5, 5.41) is 16.7. The van der Waals surface area contributed by atoms with Gasteiger partial charge in [0.15, 0.2) is 0 Å². The highest BCUT2D eigenvalue weighted by atomic mass is 79.9. The van der Waals surface area contributed by atoms with Crippen molar-refractivity contribution in [3.05, 3.63) is 88.0 Å². The monoisotopic (exact) mass is 886 g/mol. The Morgan fingerprint density at radius 2 is 1.78 bits per heavy atom. The van der Waals surface area contributed by atoms with Crippen LogP contribution in [0, 0.1) is 5.82 Å². The fourth-order valence-corrected chi connectivity index (χ4v) is 9.45. The molecule has 2 saturated heterocycles. The average Bonchev–Trinajstić information content (AvgIpc) is 3.22. The largest absolute Gasteiger partial charge is 0.494 e. The normalized spacial score (nSPS) is 16.3. The predicted octanol–water partition coefficient (Wildman–Crippen LogP) is 6.50. The number of ether oxygens (including phenoxy) is 1. The number of hydrogen-bond acceptors (Lipinski definition) is 13. The molecule has 0 saturated carbocycles. The number of fused-ring (bicyclic) bond motifs is 1. The maximum absolute atomic E-state index is 14.9. The van der Waals surface area contributed by atoms with E-state index in [-0.39, 0.29) is 12.3 Å². The molecule has 0 spiro atoms. The molecule has 5 aromatic rings. The second-order valence-electron chi connectivity index (χ2n) is 15.2. The third-order valence-corrected chi connectivity index (χ3v) is 12.9. The molecule has 1 atom stereocenters. The van der Waals surface area contributed by atoms with E-state index in [4.69, 9.17) is 9.72 Å². The summed E-state index contributed by atoms with van der Waals surface area (Å²) in [6.07, 6.45) is 8.21. The Bertz CT molecular complexity index is 2410. The van der Waals surface area contributed by atoms with Crippen LogP contribution >= 0.6 is 23.1 Å². The Kier molecular flexibility index (Phi) is 13.2. The molecule has 1 unspecified atom stereocenters. The Balaban J connectivity index is 0.935. The molecule has 3 aromatic carbocycles. The lowest BCUT2D eigenvalue weighted by Crippen LogP contribution is -2.44. The van der Waals surface area contributed by atoms with E-state index in [9.17, 15) is 18.5 Å². The highest BCUT2D eigenvalue weighted by Gasteiger charge is 2.30. The first-order chi connectivity index (χ1) is 28.4. The van der Waals surface area contributed by atoms with Crippen molar-refractivity contribution in [3.8, 4) is 5.75 Å². The molecule has 5 N–H and O–H groups in total. The number of aryl methyl sites for hydroxylation is 1. The number of benzene rings is 3. The molecule has 2 amide bonds. The lowest BCUT2D eigenvalue weighted by Gasteiger charge is -2.35. The van der Waals surface area contributed by atoms with Crippen LogP contribution in [0.4, 0.5) is 33.2 Å². The molecule has 310 valence electrons. The van der Waals surface area contributed by atoms with E-state index in [2.05, 4.69) is 81.4 Å². The molecule has 7 rings (SSSR count). The summed E-state index contributed by atoms with van der Waals surface area (Å²) in [4.78, 5) is 44.3. The fourth-order valence-electron chi connectivity index (χ4n) is 7.76. The van der Waals surface area contributed by atoms with Crippen molar-refractivity contribution in [1.29, 1.82) is 0 Å². The molecular weight excluding hydrogens is 838 g/mol. The zero-order valence-corrected chi connectivity index (χ0v) is 36.1. The number of amides is 2. The molecule has 0 aliphatic carbocycles. The van der Waals surface area contributed by atoms with E-state index >= 15 is 0 Å². The minimum Gasteiger partial charge on any atom is -0.494 e. The number of carbonyl (C=O) groups excluding carboxylic acids is 2. The molecule has 0 bridgehead atoms.